The Kier molecular flexibility index (Phi) is 4.46. The molecule has 9 heteroatoms. The predicted octanol–water partition coefficient (Wildman–Crippen LogP) is 2.15. The van der Waals surface area contributed by atoms with E-state index in [0.29, 0.717) is 0 Å². The highest BCUT2D eigenvalue weighted by Gasteiger charge is 2.28. The summed E-state index contributed by atoms with van der Waals surface area (Å²) in [6, 6.07) is 3.72. The summed E-state index contributed by atoms with van der Waals surface area (Å²) < 4.78 is 60.8. The first-order valence-corrected chi connectivity index (χ1v) is 6.59. The minimum atomic E-state index is -4.43. The molecule has 3 N–H and O–H groups in total. The monoisotopic (exact) mass is 302 g/mol. The average Bonchev–Trinajstić information content (AvgIpc) is 2.19. The van der Waals surface area contributed by atoms with Gasteiger partial charge in [-0.25, -0.2) is 13.1 Å². The normalized spacial score (nSPS) is 12.7. The largest absolute Gasteiger partial charge is 0.398 e. The van der Waals surface area contributed by atoms with Crippen molar-refractivity contribution in [3.05, 3.63) is 23.2 Å². The van der Waals surface area contributed by atoms with E-state index in [4.69, 9.17) is 17.3 Å². The van der Waals surface area contributed by atoms with Crippen LogP contribution in [0.3, 0.4) is 0 Å². The maximum absolute atomic E-state index is 11.9. The molecule has 1 aromatic rings. The van der Waals surface area contributed by atoms with E-state index in [1.54, 1.807) is 0 Å². The van der Waals surface area contributed by atoms with Crippen molar-refractivity contribution in [1.82, 2.24) is 4.72 Å². The van der Waals surface area contributed by atoms with E-state index in [0.717, 1.165) is 6.07 Å². The van der Waals surface area contributed by atoms with Crippen LogP contribution in [0.15, 0.2) is 23.1 Å². The zero-order valence-electron chi connectivity index (χ0n) is 8.96. The molecule has 0 atom stereocenters. The van der Waals surface area contributed by atoms with Gasteiger partial charge in [-0.2, -0.15) is 13.2 Å². The fourth-order valence-corrected chi connectivity index (χ4v) is 2.57. The number of halogens is 4. The quantitative estimate of drug-likeness (QED) is 0.837. The molecule has 0 spiro atoms. The summed E-state index contributed by atoms with van der Waals surface area (Å²) in [5, 5.41) is 0.125. The summed E-state index contributed by atoms with van der Waals surface area (Å²) in [5.41, 5.74) is 5.35. The summed E-state index contributed by atoms with van der Waals surface area (Å²) >= 11 is 5.60. The smallest absolute Gasteiger partial charge is 0.390 e. The van der Waals surface area contributed by atoms with E-state index in [-0.39, 0.29) is 15.6 Å². The Labute approximate surface area is 107 Å². The lowest BCUT2D eigenvalue weighted by atomic mass is 10.3. The number of rotatable bonds is 4. The first kappa shape index (κ1) is 15.1. The van der Waals surface area contributed by atoms with Crippen molar-refractivity contribution in [3.8, 4) is 0 Å². The van der Waals surface area contributed by atoms with E-state index in [1.165, 1.54) is 12.1 Å². The number of nitrogen functional groups attached to an aromatic ring is 1. The molecule has 0 bridgehead atoms. The molecule has 0 unspecified atom stereocenters. The molecule has 18 heavy (non-hydrogen) atoms. The van der Waals surface area contributed by atoms with Crippen LogP contribution >= 0.6 is 11.6 Å². The fourth-order valence-electron chi connectivity index (χ4n) is 1.15. The van der Waals surface area contributed by atoms with Gasteiger partial charge in [0.05, 0.1) is 12.1 Å². The molecular weight excluding hydrogens is 293 g/mol. The van der Waals surface area contributed by atoms with E-state index in [9.17, 15) is 21.6 Å². The second-order valence-corrected chi connectivity index (χ2v) is 5.62. The Morgan fingerprint density at radius 1 is 1.33 bits per heavy atom. The molecular formula is C9H10ClF3N2O2S. The molecule has 102 valence electrons. The topological polar surface area (TPSA) is 72.2 Å². The molecule has 1 rings (SSSR count). The van der Waals surface area contributed by atoms with Crippen LogP contribution < -0.4 is 10.5 Å². The zero-order valence-corrected chi connectivity index (χ0v) is 10.5. The van der Waals surface area contributed by atoms with Gasteiger partial charge in [-0.05, 0) is 18.2 Å². The van der Waals surface area contributed by atoms with Crippen LogP contribution in [0.4, 0.5) is 18.9 Å². The van der Waals surface area contributed by atoms with Crippen LogP contribution in [-0.4, -0.2) is 21.1 Å². The molecule has 0 radical (unpaired) electrons. The minimum Gasteiger partial charge on any atom is -0.398 e. The molecule has 0 aliphatic carbocycles. The Morgan fingerprint density at radius 2 is 1.94 bits per heavy atom. The average molecular weight is 303 g/mol. The fraction of sp³-hybridized carbons (Fsp3) is 0.333. The maximum Gasteiger partial charge on any atom is 0.390 e. The van der Waals surface area contributed by atoms with Crippen LogP contribution in [0.5, 0.6) is 0 Å². The Balaban J connectivity index is 2.84. The first-order valence-electron chi connectivity index (χ1n) is 4.73. The number of anilines is 1. The summed E-state index contributed by atoms with van der Waals surface area (Å²) in [6.45, 7) is -0.752. The third-order valence-electron chi connectivity index (χ3n) is 1.97. The molecule has 0 fully saturated rings. The second-order valence-electron chi connectivity index (χ2n) is 3.45. The molecule has 0 heterocycles. The van der Waals surface area contributed by atoms with Gasteiger partial charge in [-0.15, -0.1) is 0 Å². The van der Waals surface area contributed by atoms with Crippen molar-refractivity contribution >= 4 is 27.3 Å². The van der Waals surface area contributed by atoms with Crippen LogP contribution in [0.1, 0.15) is 6.42 Å². The minimum absolute atomic E-state index is 0.0843. The lowest BCUT2D eigenvalue weighted by Crippen LogP contribution is -2.28. The number of hydrogen-bond acceptors (Lipinski definition) is 3. The Morgan fingerprint density at radius 3 is 2.50 bits per heavy atom. The zero-order chi connectivity index (χ0) is 14.0. The number of sulfonamides is 1. The van der Waals surface area contributed by atoms with Gasteiger partial charge in [0, 0.05) is 11.6 Å². The van der Waals surface area contributed by atoms with Crippen molar-refractivity contribution in [2.45, 2.75) is 17.5 Å². The van der Waals surface area contributed by atoms with Gasteiger partial charge in [0.1, 0.15) is 4.90 Å². The molecule has 0 saturated carbocycles. The highest BCUT2D eigenvalue weighted by Crippen LogP contribution is 2.23. The van der Waals surface area contributed by atoms with Crippen molar-refractivity contribution in [1.29, 1.82) is 0 Å². The number of nitrogens with one attached hydrogen (secondary N) is 1. The number of alkyl halides is 3. The van der Waals surface area contributed by atoms with Gasteiger partial charge in [0.2, 0.25) is 10.0 Å². The van der Waals surface area contributed by atoms with Gasteiger partial charge in [0.15, 0.2) is 0 Å². The van der Waals surface area contributed by atoms with Gasteiger partial charge >= 0.3 is 6.18 Å². The molecule has 0 aromatic heterocycles. The van der Waals surface area contributed by atoms with Crippen LogP contribution in [0.2, 0.25) is 5.02 Å². The van der Waals surface area contributed by atoms with Crippen molar-refractivity contribution in [2.75, 3.05) is 12.3 Å². The summed E-state index contributed by atoms with van der Waals surface area (Å²) in [6.07, 6.45) is -5.69. The van der Waals surface area contributed by atoms with Gasteiger partial charge in [0.25, 0.3) is 0 Å². The van der Waals surface area contributed by atoms with Crippen LogP contribution in [0.25, 0.3) is 0 Å². The third kappa shape index (κ3) is 4.35. The van der Waals surface area contributed by atoms with Gasteiger partial charge in [-0.1, -0.05) is 11.6 Å². The lowest BCUT2D eigenvalue weighted by molar-refractivity contribution is -0.132. The number of benzene rings is 1. The van der Waals surface area contributed by atoms with Crippen LogP contribution in [-0.2, 0) is 10.0 Å². The maximum atomic E-state index is 11.9. The molecule has 0 aliphatic heterocycles. The highest BCUT2D eigenvalue weighted by atomic mass is 35.5. The molecule has 4 nitrogen and oxygen atoms in total. The molecule has 0 aliphatic rings. The van der Waals surface area contributed by atoms with E-state index >= 15 is 0 Å². The Hall–Kier alpha value is -0.990. The van der Waals surface area contributed by atoms with Gasteiger partial charge < -0.3 is 5.73 Å². The van der Waals surface area contributed by atoms with Crippen molar-refractivity contribution in [2.24, 2.45) is 0 Å². The molecule has 0 amide bonds. The van der Waals surface area contributed by atoms with Crippen molar-refractivity contribution < 1.29 is 21.6 Å². The number of nitrogens with two attached hydrogens (primary N) is 1. The third-order valence-corrected chi connectivity index (χ3v) is 3.72. The summed E-state index contributed by atoms with van der Waals surface area (Å²) in [4.78, 5) is -0.336. The molecule has 0 saturated heterocycles. The highest BCUT2D eigenvalue weighted by molar-refractivity contribution is 7.89. The van der Waals surface area contributed by atoms with E-state index in [2.05, 4.69) is 0 Å². The number of hydrogen-bond donors (Lipinski definition) is 2. The van der Waals surface area contributed by atoms with E-state index in [1.807, 2.05) is 4.72 Å². The van der Waals surface area contributed by atoms with Crippen molar-refractivity contribution in [3.63, 3.8) is 0 Å². The summed E-state index contributed by atoms with van der Waals surface area (Å²) in [7, 11) is -4.10. The van der Waals surface area contributed by atoms with Gasteiger partial charge in [-0.3, -0.25) is 0 Å². The SMILES string of the molecule is Nc1ccc(Cl)cc1S(=O)(=O)NCCC(F)(F)F. The second kappa shape index (κ2) is 5.33. The lowest BCUT2D eigenvalue weighted by Gasteiger charge is -2.10. The van der Waals surface area contributed by atoms with Crippen LogP contribution in [0, 0.1) is 0 Å². The summed E-state index contributed by atoms with van der Waals surface area (Å²) in [5.74, 6) is 0. The van der Waals surface area contributed by atoms with E-state index < -0.39 is 29.2 Å². The predicted molar refractivity (Wildman–Crippen MR) is 61.7 cm³/mol. The molecule has 1 aromatic carbocycles. The first-order chi connectivity index (χ1) is 8.12. The Bertz CT molecular complexity index is 531. The standard InChI is InChI=1S/C9H10ClF3N2O2S/c10-6-1-2-7(14)8(5-6)18(16,17)15-4-3-9(11,12)13/h1-2,5,15H,3-4,14H2.